The van der Waals surface area contributed by atoms with Crippen molar-refractivity contribution in [1.82, 2.24) is 4.90 Å². The minimum atomic E-state index is -1.03. The van der Waals surface area contributed by atoms with E-state index in [2.05, 4.69) is 0 Å². The number of hydrogen-bond donors (Lipinski definition) is 1. The molecule has 1 amide bonds. The minimum absolute atomic E-state index is 0.207. The lowest BCUT2D eigenvalue weighted by Crippen LogP contribution is -2.35. The summed E-state index contributed by atoms with van der Waals surface area (Å²) in [6, 6.07) is 7.78. The van der Waals surface area contributed by atoms with Crippen LogP contribution in [0.3, 0.4) is 0 Å². The third kappa shape index (κ3) is 2.42. The maximum Gasteiger partial charge on any atom is 0.331 e. The second kappa shape index (κ2) is 4.75. The zero-order chi connectivity index (χ0) is 12.4. The van der Waals surface area contributed by atoms with Gasteiger partial charge in [-0.05, 0) is 5.56 Å². The van der Waals surface area contributed by atoms with Gasteiger partial charge in [-0.2, -0.15) is 0 Å². The number of likely N-dealkylation sites (tertiary alicyclic amines) is 1. The number of halogens is 1. The van der Waals surface area contributed by atoms with Crippen molar-refractivity contribution < 1.29 is 14.7 Å². The van der Waals surface area contributed by atoms with Crippen molar-refractivity contribution in [2.75, 3.05) is 6.54 Å². The van der Waals surface area contributed by atoms with Crippen LogP contribution in [0.1, 0.15) is 18.0 Å². The van der Waals surface area contributed by atoms with Gasteiger partial charge in [-0.15, -0.1) is 11.6 Å². The van der Waals surface area contributed by atoms with E-state index in [0.29, 0.717) is 5.56 Å². The van der Waals surface area contributed by atoms with Crippen molar-refractivity contribution in [3.63, 3.8) is 0 Å². The van der Waals surface area contributed by atoms with Gasteiger partial charge in [0, 0.05) is 13.0 Å². The predicted octanol–water partition coefficient (Wildman–Crippen LogP) is 1.65. The van der Waals surface area contributed by atoms with Gasteiger partial charge in [0.2, 0.25) is 5.91 Å². The molecule has 1 aromatic carbocycles. The quantitative estimate of drug-likeness (QED) is 0.834. The number of alkyl halides is 1. The first-order chi connectivity index (χ1) is 8.09. The zero-order valence-electron chi connectivity index (χ0n) is 9.04. The molecular formula is C12H12ClNO3. The van der Waals surface area contributed by atoms with Crippen LogP contribution in [0.15, 0.2) is 30.3 Å². The minimum Gasteiger partial charge on any atom is -0.479 e. The Bertz CT molecular complexity index is 435. The Balaban J connectivity index is 2.31. The summed E-state index contributed by atoms with van der Waals surface area (Å²) < 4.78 is 0. The Morgan fingerprint density at radius 2 is 2.06 bits per heavy atom. The van der Waals surface area contributed by atoms with Crippen molar-refractivity contribution >= 4 is 23.5 Å². The number of aliphatic carboxylic acids is 1. The van der Waals surface area contributed by atoms with E-state index in [0.717, 1.165) is 0 Å². The monoisotopic (exact) mass is 253 g/mol. The normalized spacial score (nSPS) is 21.6. The number of nitrogens with zero attached hydrogens (tertiary/aromatic N) is 1. The number of hydrogen-bond acceptors (Lipinski definition) is 2. The number of carbonyl (C=O) groups excluding carboxylic acids is 1. The Hall–Kier alpha value is -1.55. The van der Waals surface area contributed by atoms with E-state index < -0.39 is 12.0 Å². The van der Waals surface area contributed by atoms with E-state index in [9.17, 15) is 14.7 Å². The van der Waals surface area contributed by atoms with Crippen LogP contribution in [0.4, 0.5) is 0 Å². The van der Waals surface area contributed by atoms with E-state index in [-0.39, 0.29) is 24.2 Å². The van der Waals surface area contributed by atoms with Crippen LogP contribution >= 0.6 is 11.6 Å². The summed E-state index contributed by atoms with van der Waals surface area (Å²) >= 11 is 5.88. The molecule has 5 heteroatoms. The van der Waals surface area contributed by atoms with E-state index in [1.807, 2.05) is 0 Å². The maximum atomic E-state index is 11.7. The van der Waals surface area contributed by atoms with Crippen molar-refractivity contribution in [2.24, 2.45) is 0 Å². The molecule has 1 fully saturated rings. The molecule has 0 bridgehead atoms. The van der Waals surface area contributed by atoms with Gasteiger partial charge < -0.3 is 10.0 Å². The highest BCUT2D eigenvalue weighted by Crippen LogP contribution is 2.28. The summed E-state index contributed by atoms with van der Waals surface area (Å²) in [4.78, 5) is 24.3. The molecule has 17 heavy (non-hydrogen) atoms. The van der Waals surface area contributed by atoms with Crippen LogP contribution < -0.4 is 0 Å². The first-order valence-electron chi connectivity index (χ1n) is 5.31. The molecule has 1 saturated heterocycles. The van der Waals surface area contributed by atoms with Crippen molar-refractivity contribution in [3.8, 4) is 0 Å². The average Bonchev–Trinajstić information content (AvgIpc) is 2.59. The first-order valence-corrected chi connectivity index (χ1v) is 5.74. The Labute approximate surface area is 104 Å². The summed E-state index contributed by atoms with van der Waals surface area (Å²) in [7, 11) is 0. The fourth-order valence-corrected chi connectivity index (χ4v) is 2.31. The lowest BCUT2D eigenvalue weighted by molar-refractivity contribution is -0.148. The molecule has 1 unspecified atom stereocenters. The molecule has 0 saturated carbocycles. The zero-order valence-corrected chi connectivity index (χ0v) is 9.80. The molecule has 1 aromatic rings. The average molecular weight is 254 g/mol. The molecule has 1 heterocycles. The molecule has 4 nitrogen and oxygen atoms in total. The third-order valence-electron chi connectivity index (χ3n) is 2.77. The Morgan fingerprint density at radius 3 is 2.53 bits per heavy atom. The standard InChI is InChI=1S/C12H12ClNO3/c13-9-6-10(15)14(7-9)11(12(16)17)8-4-2-1-3-5-8/h1-5,9,11H,6-7H2,(H,16,17)/t9?,11-/m1/s1. The second-order valence-electron chi connectivity index (χ2n) is 4.00. The van der Waals surface area contributed by atoms with Gasteiger partial charge >= 0.3 is 5.97 Å². The summed E-state index contributed by atoms with van der Waals surface area (Å²) in [5, 5.41) is 8.96. The van der Waals surface area contributed by atoms with Crippen LogP contribution in [-0.4, -0.2) is 33.8 Å². The van der Waals surface area contributed by atoms with E-state index in [4.69, 9.17) is 11.6 Å². The second-order valence-corrected chi connectivity index (χ2v) is 4.62. The number of carbonyl (C=O) groups is 2. The molecule has 2 atom stereocenters. The maximum absolute atomic E-state index is 11.7. The van der Waals surface area contributed by atoms with Gasteiger partial charge in [-0.3, -0.25) is 4.79 Å². The molecule has 0 aliphatic carbocycles. The van der Waals surface area contributed by atoms with Crippen molar-refractivity contribution in [1.29, 1.82) is 0 Å². The van der Waals surface area contributed by atoms with Crippen LogP contribution in [0.25, 0.3) is 0 Å². The van der Waals surface area contributed by atoms with Gasteiger partial charge in [0.15, 0.2) is 6.04 Å². The van der Waals surface area contributed by atoms with Gasteiger partial charge in [0.1, 0.15) is 0 Å². The predicted molar refractivity (Wildman–Crippen MR) is 62.8 cm³/mol. The number of carboxylic acid groups (broad SMARTS) is 1. The lowest BCUT2D eigenvalue weighted by atomic mass is 10.1. The third-order valence-corrected chi connectivity index (χ3v) is 3.06. The highest BCUT2D eigenvalue weighted by Gasteiger charge is 2.37. The van der Waals surface area contributed by atoms with E-state index in [1.54, 1.807) is 30.3 Å². The topological polar surface area (TPSA) is 57.6 Å². The molecule has 1 aliphatic heterocycles. The summed E-state index contributed by atoms with van der Waals surface area (Å²) in [5.74, 6) is -1.24. The Kier molecular flexibility index (Phi) is 3.33. The van der Waals surface area contributed by atoms with E-state index in [1.165, 1.54) is 4.90 Å². The SMILES string of the molecule is O=C(O)[C@@H](c1ccccc1)N1CC(Cl)CC1=O. The highest BCUT2D eigenvalue weighted by molar-refractivity contribution is 6.22. The van der Waals surface area contributed by atoms with Crippen LogP contribution in [0.2, 0.25) is 0 Å². The fraction of sp³-hybridized carbons (Fsp3) is 0.333. The smallest absolute Gasteiger partial charge is 0.331 e. The number of benzene rings is 1. The summed E-state index contributed by atoms with van der Waals surface area (Å²) in [6.07, 6.45) is 0.207. The summed E-state index contributed by atoms with van der Waals surface area (Å²) in [6.45, 7) is 0.284. The lowest BCUT2D eigenvalue weighted by Gasteiger charge is -2.24. The van der Waals surface area contributed by atoms with Gasteiger partial charge in [-0.25, -0.2) is 4.79 Å². The highest BCUT2D eigenvalue weighted by atomic mass is 35.5. The summed E-state index contributed by atoms with van der Waals surface area (Å²) in [5.41, 5.74) is 0.596. The van der Waals surface area contributed by atoms with Crippen LogP contribution in [0.5, 0.6) is 0 Å². The molecule has 90 valence electrons. The molecule has 0 aromatic heterocycles. The van der Waals surface area contributed by atoms with Gasteiger partial charge in [0.05, 0.1) is 5.38 Å². The molecule has 0 radical (unpaired) electrons. The van der Waals surface area contributed by atoms with E-state index >= 15 is 0 Å². The first kappa shape index (κ1) is 11.9. The Morgan fingerprint density at radius 1 is 1.41 bits per heavy atom. The van der Waals surface area contributed by atoms with Gasteiger partial charge in [-0.1, -0.05) is 30.3 Å². The molecule has 1 aliphatic rings. The molecule has 0 spiro atoms. The van der Waals surface area contributed by atoms with Crippen LogP contribution in [-0.2, 0) is 9.59 Å². The molecule has 1 N–H and O–H groups in total. The van der Waals surface area contributed by atoms with Crippen molar-refractivity contribution in [3.05, 3.63) is 35.9 Å². The van der Waals surface area contributed by atoms with Crippen LogP contribution in [0, 0.1) is 0 Å². The molecule has 2 rings (SSSR count). The number of amides is 1. The van der Waals surface area contributed by atoms with Gasteiger partial charge in [0.25, 0.3) is 0 Å². The number of rotatable bonds is 3. The van der Waals surface area contributed by atoms with Crippen molar-refractivity contribution in [2.45, 2.75) is 17.8 Å². The largest absolute Gasteiger partial charge is 0.479 e. The fourth-order valence-electron chi connectivity index (χ4n) is 2.03. The number of carboxylic acids is 1. The molecular weight excluding hydrogens is 242 g/mol.